The molecule has 0 saturated heterocycles. The number of rotatable bonds is 8. The number of amides is 1. The number of nitrogens with zero attached hydrogens (tertiary/aromatic N) is 3. The van der Waals surface area contributed by atoms with Crippen LogP contribution in [0.4, 0.5) is 0 Å². The van der Waals surface area contributed by atoms with E-state index in [0.717, 1.165) is 5.75 Å². The van der Waals surface area contributed by atoms with Gasteiger partial charge in [-0.1, -0.05) is 0 Å². The van der Waals surface area contributed by atoms with Crippen molar-refractivity contribution in [2.75, 3.05) is 37.7 Å². The molecule has 2 aromatic rings. The first-order chi connectivity index (χ1) is 12.0. The first kappa shape index (κ1) is 21.1. The molecule has 1 amide bonds. The van der Waals surface area contributed by atoms with Gasteiger partial charge < -0.3 is 19.7 Å². The molecule has 0 aliphatic rings. The summed E-state index contributed by atoms with van der Waals surface area (Å²) in [4.78, 5) is 21.4. The highest BCUT2D eigenvalue weighted by molar-refractivity contribution is 9.10. The first-order valence-corrected chi connectivity index (χ1v) is 12.0. The molecule has 0 aliphatic carbocycles. The number of nitrogens with one attached hydrogen (secondary N) is 1. The Morgan fingerprint density at radius 1 is 1.42 bits per heavy atom. The van der Waals surface area contributed by atoms with Crippen LogP contribution in [0.2, 0.25) is 0 Å². The normalized spacial score (nSPS) is 13.2. The van der Waals surface area contributed by atoms with Gasteiger partial charge in [-0.15, -0.1) is 0 Å². The van der Waals surface area contributed by atoms with Crippen LogP contribution in [-0.4, -0.2) is 68.8 Å². The minimum absolute atomic E-state index is 0.162. The van der Waals surface area contributed by atoms with Gasteiger partial charge in [-0.05, 0) is 48.5 Å². The lowest BCUT2D eigenvalue weighted by Crippen LogP contribution is -2.46. The molecule has 0 aromatic carbocycles. The number of aliphatic hydroxyl groups is 1. The molecule has 0 spiro atoms. The van der Waals surface area contributed by atoms with Crippen LogP contribution < -0.4 is 5.32 Å². The number of fused-ring (bicyclic) bond motifs is 1. The predicted molar refractivity (Wildman–Crippen MR) is 110 cm³/mol. The fourth-order valence-electron chi connectivity index (χ4n) is 2.18. The molecule has 0 unspecified atom stereocenters. The van der Waals surface area contributed by atoms with Crippen LogP contribution in [0.3, 0.4) is 0 Å². The van der Waals surface area contributed by atoms with E-state index in [4.69, 9.17) is 4.74 Å². The zero-order chi connectivity index (χ0) is 19.5. The van der Waals surface area contributed by atoms with Crippen LogP contribution in [-0.2, 0) is 11.5 Å². The SMILES string of the molecule is CC(C)(CO)NC(=O)c1cn(COCCS(C)(C)C)c2ncc(Br)nc12. The minimum atomic E-state index is -0.725. The van der Waals surface area contributed by atoms with Gasteiger partial charge in [0.25, 0.3) is 5.91 Å². The second-order valence-electron chi connectivity index (χ2n) is 7.71. The van der Waals surface area contributed by atoms with Gasteiger partial charge in [-0.25, -0.2) is 20.0 Å². The summed E-state index contributed by atoms with van der Waals surface area (Å²) in [5.41, 5.74) is 0.760. The fourth-order valence-corrected chi connectivity index (χ4v) is 3.08. The standard InChI is InChI=1S/C17H27BrN4O3S/c1-17(2,10-23)21-16(24)12-9-22(11-25-6-7-26(3,4)5)15-14(12)20-13(18)8-19-15/h8-9,23H,6-7,10-11H2,1-5H3,(H,21,24). The van der Waals surface area contributed by atoms with Gasteiger partial charge in [0.05, 0.1) is 30.5 Å². The summed E-state index contributed by atoms with van der Waals surface area (Å²) >= 11 is 3.30. The summed E-state index contributed by atoms with van der Waals surface area (Å²) in [6.45, 7) is 4.30. The molecule has 0 aliphatic heterocycles. The molecular formula is C17H27BrN4O3S. The lowest BCUT2D eigenvalue weighted by atomic mass is 10.1. The molecule has 2 aromatic heterocycles. The molecule has 0 saturated carbocycles. The van der Waals surface area contributed by atoms with E-state index in [1.807, 2.05) is 0 Å². The van der Waals surface area contributed by atoms with Gasteiger partial charge in [0.2, 0.25) is 0 Å². The van der Waals surface area contributed by atoms with E-state index in [2.05, 4.69) is 50.0 Å². The monoisotopic (exact) mass is 446 g/mol. The number of ether oxygens (including phenoxy) is 1. The summed E-state index contributed by atoms with van der Waals surface area (Å²) in [5.74, 6) is 0.709. The zero-order valence-corrected chi connectivity index (χ0v) is 18.3. The number of hydrogen-bond acceptors (Lipinski definition) is 5. The minimum Gasteiger partial charge on any atom is -0.394 e. The van der Waals surface area contributed by atoms with E-state index in [9.17, 15) is 9.90 Å². The maximum Gasteiger partial charge on any atom is 0.255 e. The average molecular weight is 447 g/mol. The molecule has 9 heteroatoms. The third kappa shape index (κ3) is 5.67. The van der Waals surface area contributed by atoms with Crippen molar-refractivity contribution in [3.05, 3.63) is 22.6 Å². The van der Waals surface area contributed by atoms with Crippen LogP contribution in [0.1, 0.15) is 24.2 Å². The Morgan fingerprint density at radius 3 is 2.73 bits per heavy atom. The lowest BCUT2D eigenvalue weighted by molar-refractivity contribution is 0.0863. The summed E-state index contributed by atoms with van der Waals surface area (Å²) in [7, 11) is -0.614. The number of carbonyl (C=O) groups excluding carboxylic acids is 1. The second-order valence-corrected chi connectivity index (χ2v) is 13.1. The number of carbonyl (C=O) groups is 1. The Kier molecular flexibility index (Phi) is 6.70. The summed E-state index contributed by atoms with van der Waals surface area (Å²) < 4.78 is 8.12. The van der Waals surface area contributed by atoms with E-state index in [-0.39, 0.29) is 12.5 Å². The highest BCUT2D eigenvalue weighted by Gasteiger charge is 2.24. The van der Waals surface area contributed by atoms with Gasteiger partial charge in [-0.2, -0.15) is 0 Å². The molecule has 2 rings (SSSR count). The maximum atomic E-state index is 12.7. The molecule has 0 bridgehead atoms. The third-order valence-corrected chi connectivity index (χ3v) is 5.47. The van der Waals surface area contributed by atoms with Gasteiger partial charge in [0, 0.05) is 11.9 Å². The van der Waals surface area contributed by atoms with Crippen molar-refractivity contribution >= 4 is 43.0 Å². The number of aromatic nitrogens is 3. The van der Waals surface area contributed by atoms with Crippen LogP contribution in [0, 0.1) is 0 Å². The summed E-state index contributed by atoms with van der Waals surface area (Å²) in [5, 5.41) is 12.2. The molecule has 0 radical (unpaired) electrons. The van der Waals surface area contributed by atoms with Gasteiger partial charge >= 0.3 is 0 Å². The zero-order valence-electron chi connectivity index (χ0n) is 15.9. The number of halogens is 1. The first-order valence-electron chi connectivity index (χ1n) is 8.21. The molecule has 0 atom stereocenters. The van der Waals surface area contributed by atoms with Gasteiger partial charge in [-0.3, -0.25) is 4.79 Å². The van der Waals surface area contributed by atoms with Crippen molar-refractivity contribution in [2.45, 2.75) is 26.1 Å². The van der Waals surface area contributed by atoms with Crippen LogP contribution >= 0.6 is 26.0 Å². The van der Waals surface area contributed by atoms with E-state index in [0.29, 0.717) is 34.7 Å². The smallest absolute Gasteiger partial charge is 0.255 e. The molecule has 2 heterocycles. The quantitative estimate of drug-likeness (QED) is 0.607. The van der Waals surface area contributed by atoms with Gasteiger partial charge in [0.15, 0.2) is 5.65 Å². The summed E-state index contributed by atoms with van der Waals surface area (Å²) in [6, 6.07) is 0. The van der Waals surface area contributed by atoms with Crippen molar-refractivity contribution in [2.24, 2.45) is 0 Å². The molecule has 26 heavy (non-hydrogen) atoms. The van der Waals surface area contributed by atoms with Crippen molar-refractivity contribution in [1.82, 2.24) is 19.9 Å². The van der Waals surface area contributed by atoms with Crippen molar-refractivity contribution in [3.8, 4) is 0 Å². The second kappa shape index (κ2) is 8.24. The fraction of sp³-hybridized carbons (Fsp3) is 0.588. The molecule has 7 nitrogen and oxygen atoms in total. The van der Waals surface area contributed by atoms with Crippen LogP contribution in [0.5, 0.6) is 0 Å². The van der Waals surface area contributed by atoms with Crippen molar-refractivity contribution in [3.63, 3.8) is 0 Å². The van der Waals surface area contributed by atoms with Gasteiger partial charge in [0.1, 0.15) is 16.9 Å². The van der Waals surface area contributed by atoms with Crippen molar-refractivity contribution in [1.29, 1.82) is 0 Å². The molecule has 146 valence electrons. The number of hydrogen-bond donors (Lipinski definition) is 2. The Bertz CT molecular complexity index is 786. The third-order valence-electron chi connectivity index (χ3n) is 3.70. The topological polar surface area (TPSA) is 89.3 Å². The van der Waals surface area contributed by atoms with Crippen LogP contribution in [0.15, 0.2) is 17.0 Å². The Hall–Kier alpha value is -1.16. The van der Waals surface area contributed by atoms with E-state index < -0.39 is 15.6 Å². The van der Waals surface area contributed by atoms with Crippen LogP contribution in [0.25, 0.3) is 11.2 Å². The average Bonchev–Trinajstić information content (AvgIpc) is 2.88. The lowest BCUT2D eigenvalue weighted by Gasteiger charge is -2.24. The highest BCUT2D eigenvalue weighted by atomic mass is 79.9. The van der Waals surface area contributed by atoms with E-state index >= 15 is 0 Å². The van der Waals surface area contributed by atoms with Crippen molar-refractivity contribution < 1.29 is 14.6 Å². The van der Waals surface area contributed by atoms with E-state index in [1.165, 1.54) is 0 Å². The summed E-state index contributed by atoms with van der Waals surface area (Å²) in [6.07, 6.45) is 10.0. The Labute approximate surface area is 164 Å². The molecule has 2 N–H and O–H groups in total. The Morgan fingerprint density at radius 2 is 2.12 bits per heavy atom. The molecule has 0 fully saturated rings. The molecular weight excluding hydrogens is 420 g/mol. The van der Waals surface area contributed by atoms with E-state index in [1.54, 1.807) is 30.8 Å². The maximum absolute atomic E-state index is 12.7. The largest absolute Gasteiger partial charge is 0.394 e. The predicted octanol–water partition coefficient (Wildman–Crippen LogP) is 2.36. The Balaban J connectivity index is 2.25. The number of aliphatic hydroxyl groups excluding tert-OH is 1. The highest BCUT2D eigenvalue weighted by Crippen LogP contribution is 2.33.